The molecule has 0 saturated carbocycles. The van der Waals surface area contributed by atoms with Crippen LogP contribution in [0.2, 0.25) is 0 Å². The predicted molar refractivity (Wildman–Crippen MR) is 126 cm³/mol. The van der Waals surface area contributed by atoms with Gasteiger partial charge in [0.15, 0.2) is 0 Å². The molecule has 33 heavy (non-hydrogen) atoms. The summed E-state index contributed by atoms with van der Waals surface area (Å²) in [5, 5.41) is 17.6. The molecule has 0 aliphatic heterocycles. The van der Waals surface area contributed by atoms with E-state index in [0.717, 1.165) is 22.5 Å². The average molecular weight is 442 g/mol. The van der Waals surface area contributed by atoms with Gasteiger partial charge in [-0.15, -0.1) is 0 Å². The zero-order valence-electron chi connectivity index (χ0n) is 18.2. The summed E-state index contributed by atoms with van der Waals surface area (Å²) in [7, 11) is 1.79. The van der Waals surface area contributed by atoms with E-state index in [9.17, 15) is 14.3 Å². The monoisotopic (exact) mass is 442 g/mol. The number of aliphatic hydroxyl groups excluding tert-OH is 1. The molecular weight excluding hydrogens is 419 g/mol. The molecule has 166 valence electrons. The van der Waals surface area contributed by atoms with E-state index < -0.39 is 6.10 Å². The van der Waals surface area contributed by atoms with Crippen molar-refractivity contribution in [2.45, 2.75) is 13.0 Å². The molecule has 0 saturated heterocycles. The van der Waals surface area contributed by atoms with E-state index in [1.54, 1.807) is 66.5 Å². The second kappa shape index (κ2) is 9.58. The second-order valence-corrected chi connectivity index (χ2v) is 7.63. The average Bonchev–Trinajstić information content (AvgIpc) is 3.18. The van der Waals surface area contributed by atoms with Crippen molar-refractivity contribution in [1.29, 1.82) is 0 Å². The minimum Gasteiger partial charge on any atom is -0.382 e. The summed E-state index contributed by atoms with van der Waals surface area (Å²) in [4.78, 5) is 16.8. The Morgan fingerprint density at radius 2 is 1.82 bits per heavy atom. The van der Waals surface area contributed by atoms with Gasteiger partial charge in [-0.3, -0.25) is 14.5 Å². The van der Waals surface area contributed by atoms with Crippen LogP contribution in [0.5, 0.6) is 0 Å². The molecule has 2 N–H and O–H groups in total. The van der Waals surface area contributed by atoms with Crippen molar-refractivity contribution >= 4 is 17.7 Å². The molecule has 1 atom stereocenters. The van der Waals surface area contributed by atoms with Crippen LogP contribution < -0.4 is 5.32 Å². The summed E-state index contributed by atoms with van der Waals surface area (Å²) >= 11 is 0. The van der Waals surface area contributed by atoms with E-state index in [4.69, 9.17) is 0 Å². The maximum atomic E-state index is 13.3. The first-order chi connectivity index (χ1) is 15.9. The third-order valence-electron chi connectivity index (χ3n) is 5.18. The summed E-state index contributed by atoms with van der Waals surface area (Å²) in [5.74, 6) is -0.622. The number of carbonyl (C=O) groups is 1. The number of amides is 1. The molecule has 1 unspecified atom stereocenters. The Morgan fingerprint density at radius 3 is 2.52 bits per heavy atom. The number of carbonyl (C=O) groups excluding carboxylic acids is 1. The smallest absolute Gasteiger partial charge is 0.248 e. The topological polar surface area (TPSA) is 80.0 Å². The molecule has 2 aromatic heterocycles. The van der Waals surface area contributed by atoms with Gasteiger partial charge in [-0.25, -0.2) is 4.39 Å². The van der Waals surface area contributed by atoms with Crippen LogP contribution in [0.25, 0.3) is 17.3 Å². The lowest BCUT2D eigenvalue weighted by atomic mass is 10.1. The number of nitrogens with zero attached hydrogens (tertiary/aromatic N) is 3. The quantitative estimate of drug-likeness (QED) is 0.426. The number of anilines is 1. The fourth-order valence-corrected chi connectivity index (χ4v) is 3.52. The van der Waals surface area contributed by atoms with Crippen LogP contribution >= 0.6 is 0 Å². The Morgan fingerprint density at radius 1 is 1.09 bits per heavy atom. The van der Waals surface area contributed by atoms with Gasteiger partial charge < -0.3 is 10.4 Å². The highest BCUT2D eigenvalue weighted by Crippen LogP contribution is 2.25. The number of halogens is 1. The number of hydrogen-bond acceptors (Lipinski definition) is 4. The van der Waals surface area contributed by atoms with Crippen LogP contribution in [-0.2, 0) is 11.8 Å². The van der Waals surface area contributed by atoms with E-state index in [-0.39, 0.29) is 11.7 Å². The highest BCUT2D eigenvalue weighted by atomic mass is 19.1. The number of aromatic nitrogens is 3. The second-order valence-electron chi connectivity index (χ2n) is 7.63. The largest absolute Gasteiger partial charge is 0.382 e. The lowest BCUT2D eigenvalue weighted by Gasteiger charge is -2.12. The van der Waals surface area contributed by atoms with E-state index in [0.29, 0.717) is 16.9 Å². The number of aryl methyl sites for hydroxylation is 2. The fourth-order valence-electron chi connectivity index (χ4n) is 3.52. The van der Waals surface area contributed by atoms with E-state index in [2.05, 4.69) is 15.4 Å². The van der Waals surface area contributed by atoms with Crippen LogP contribution in [0.15, 0.2) is 79.0 Å². The normalized spacial score (nSPS) is 12.1. The lowest BCUT2D eigenvalue weighted by Crippen LogP contribution is -2.08. The zero-order valence-corrected chi connectivity index (χ0v) is 18.2. The van der Waals surface area contributed by atoms with Crippen molar-refractivity contribution in [3.63, 3.8) is 0 Å². The Kier molecular flexibility index (Phi) is 6.42. The van der Waals surface area contributed by atoms with Gasteiger partial charge in [0.2, 0.25) is 5.91 Å². The number of benzene rings is 2. The van der Waals surface area contributed by atoms with Gasteiger partial charge in [0, 0.05) is 35.6 Å². The fraction of sp³-hybridized carbons (Fsp3) is 0.115. The van der Waals surface area contributed by atoms with Crippen LogP contribution in [0.1, 0.15) is 28.6 Å². The first-order valence-corrected chi connectivity index (χ1v) is 10.4. The van der Waals surface area contributed by atoms with E-state index in [1.807, 2.05) is 19.1 Å². The SMILES string of the molecule is Cc1cccc(C(O)c2ccc(NC(=O)C=Cc3cnn(C)c3-c3ccc(F)cc3)cc2)n1. The van der Waals surface area contributed by atoms with Gasteiger partial charge >= 0.3 is 0 Å². The van der Waals surface area contributed by atoms with Crippen molar-refractivity contribution < 1.29 is 14.3 Å². The Bertz CT molecular complexity index is 1290. The number of nitrogens with one attached hydrogen (secondary N) is 1. The molecular formula is C26H23FN4O2. The molecule has 1 amide bonds. The number of rotatable bonds is 6. The molecule has 0 fully saturated rings. The Hall–Kier alpha value is -4.10. The number of pyridine rings is 1. The molecule has 0 bridgehead atoms. The van der Waals surface area contributed by atoms with Crippen LogP contribution in [-0.4, -0.2) is 25.8 Å². The molecule has 7 heteroatoms. The van der Waals surface area contributed by atoms with Crippen molar-refractivity contribution in [1.82, 2.24) is 14.8 Å². The highest BCUT2D eigenvalue weighted by Gasteiger charge is 2.12. The first kappa shape index (κ1) is 22.1. The minimum atomic E-state index is -0.843. The van der Waals surface area contributed by atoms with Crippen molar-refractivity contribution in [3.05, 3.63) is 107 Å². The van der Waals surface area contributed by atoms with E-state index in [1.165, 1.54) is 18.2 Å². The highest BCUT2D eigenvalue weighted by molar-refractivity contribution is 6.02. The molecule has 6 nitrogen and oxygen atoms in total. The van der Waals surface area contributed by atoms with Crippen molar-refractivity contribution in [2.75, 3.05) is 5.32 Å². The lowest BCUT2D eigenvalue weighted by molar-refractivity contribution is -0.111. The van der Waals surface area contributed by atoms with Gasteiger partial charge in [-0.05, 0) is 67.1 Å². The molecule has 2 heterocycles. The molecule has 0 radical (unpaired) electrons. The predicted octanol–water partition coefficient (Wildman–Crippen LogP) is 4.66. The Labute approximate surface area is 191 Å². The third kappa shape index (κ3) is 5.22. The summed E-state index contributed by atoms with van der Waals surface area (Å²) in [6.07, 6.45) is 3.90. The maximum absolute atomic E-state index is 13.3. The third-order valence-corrected chi connectivity index (χ3v) is 5.18. The first-order valence-electron chi connectivity index (χ1n) is 10.4. The van der Waals surface area contributed by atoms with Crippen LogP contribution in [0, 0.1) is 12.7 Å². The maximum Gasteiger partial charge on any atom is 0.248 e. The van der Waals surface area contributed by atoms with E-state index >= 15 is 0 Å². The minimum absolute atomic E-state index is 0.308. The van der Waals surface area contributed by atoms with Crippen LogP contribution in [0.4, 0.5) is 10.1 Å². The van der Waals surface area contributed by atoms with Gasteiger partial charge in [0.1, 0.15) is 11.9 Å². The Balaban J connectivity index is 1.44. The standard InChI is InChI=1S/C26H23FN4O2/c1-17-4-3-5-23(29-17)26(33)19-8-13-22(14-9-19)30-24(32)15-10-20-16-28-31(2)25(20)18-6-11-21(27)12-7-18/h3-16,26,33H,1-2H3,(H,30,32). The zero-order chi connectivity index (χ0) is 23.4. The van der Waals surface area contributed by atoms with Gasteiger partial charge in [0.25, 0.3) is 0 Å². The molecule has 0 spiro atoms. The molecule has 0 aliphatic rings. The van der Waals surface area contributed by atoms with Gasteiger partial charge in [0.05, 0.1) is 17.6 Å². The summed E-state index contributed by atoms with van der Waals surface area (Å²) < 4.78 is 14.9. The van der Waals surface area contributed by atoms with Crippen molar-refractivity contribution in [2.24, 2.45) is 7.05 Å². The molecule has 2 aromatic carbocycles. The molecule has 4 aromatic rings. The summed E-state index contributed by atoms with van der Waals surface area (Å²) in [6.45, 7) is 1.87. The molecule has 4 rings (SSSR count). The number of hydrogen-bond donors (Lipinski definition) is 2. The van der Waals surface area contributed by atoms with Crippen molar-refractivity contribution in [3.8, 4) is 11.3 Å². The number of aliphatic hydroxyl groups is 1. The van der Waals surface area contributed by atoms with Gasteiger partial charge in [-0.2, -0.15) is 5.10 Å². The van der Waals surface area contributed by atoms with Gasteiger partial charge in [-0.1, -0.05) is 18.2 Å². The molecule has 0 aliphatic carbocycles. The summed E-state index contributed by atoms with van der Waals surface area (Å²) in [5.41, 5.74) is 5.00. The summed E-state index contributed by atoms with van der Waals surface area (Å²) in [6, 6.07) is 18.6. The van der Waals surface area contributed by atoms with Crippen LogP contribution in [0.3, 0.4) is 0 Å².